The number of carbonyl (C=O) groups is 1. The number of carbonyl (C=O) groups excluding carboxylic acids is 1. The van der Waals surface area contributed by atoms with E-state index in [0.29, 0.717) is 0 Å². The van der Waals surface area contributed by atoms with Crippen LogP contribution in [0.4, 0.5) is 0 Å². The maximum Gasteiger partial charge on any atom is 0.224 e. The van der Waals surface area contributed by atoms with Crippen molar-refractivity contribution in [2.45, 2.75) is 64.5 Å². The summed E-state index contributed by atoms with van der Waals surface area (Å²) in [5.41, 5.74) is 5.72. The molecule has 0 spiro atoms. The van der Waals surface area contributed by atoms with Gasteiger partial charge in [0.15, 0.2) is 0 Å². The van der Waals surface area contributed by atoms with Gasteiger partial charge in [0.25, 0.3) is 0 Å². The summed E-state index contributed by atoms with van der Waals surface area (Å²) in [5.74, 6) is -0.0219. The first kappa shape index (κ1) is 16.4. The number of nitrogens with zero attached hydrogens (tertiary/aromatic N) is 1. The van der Waals surface area contributed by atoms with Gasteiger partial charge in [0, 0.05) is 24.5 Å². The van der Waals surface area contributed by atoms with Crippen molar-refractivity contribution in [3.05, 3.63) is 0 Å². The van der Waals surface area contributed by atoms with Crippen LogP contribution in [-0.2, 0) is 4.79 Å². The van der Waals surface area contributed by atoms with E-state index in [2.05, 4.69) is 17.3 Å². The molecule has 1 rings (SSSR count). The zero-order valence-corrected chi connectivity index (χ0v) is 12.8. The molecular weight excluding hydrogens is 238 g/mol. The Labute approximate surface area is 118 Å². The Hall–Kier alpha value is -0.610. The second-order valence-electron chi connectivity index (χ2n) is 6.06. The van der Waals surface area contributed by atoms with Gasteiger partial charge in [0.1, 0.15) is 0 Å². The maximum atomic E-state index is 11.7. The molecule has 19 heavy (non-hydrogen) atoms. The first-order valence-corrected chi connectivity index (χ1v) is 7.76. The van der Waals surface area contributed by atoms with Crippen LogP contribution < -0.4 is 11.1 Å². The van der Waals surface area contributed by atoms with Crippen LogP contribution >= 0.6 is 0 Å². The normalized spacial score (nSPS) is 20.3. The van der Waals surface area contributed by atoms with Crippen LogP contribution in [0.15, 0.2) is 0 Å². The lowest BCUT2D eigenvalue weighted by Crippen LogP contribution is -2.40. The number of hydrogen-bond acceptors (Lipinski definition) is 3. The number of hydrogen-bond donors (Lipinski definition) is 2. The Kier molecular flexibility index (Phi) is 7.39. The van der Waals surface area contributed by atoms with E-state index < -0.39 is 0 Å². The molecule has 0 saturated heterocycles. The number of nitrogens with one attached hydrogen (secondary N) is 1. The third kappa shape index (κ3) is 5.91. The second-order valence-corrected chi connectivity index (χ2v) is 6.06. The van der Waals surface area contributed by atoms with Crippen LogP contribution in [0.25, 0.3) is 0 Å². The van der Waals surface area contributed by atoms with Gasteiger partial charge in [0.05, 0.1) is 0 Å². The molecule has 1 amide bonds. The summed E-state index contributed by atoms with van der Waals surface area (Å²) < 4.78 is 0. The fraction of sp³-hybridized carbons (Fsp3) is 0.933. The van der Waals surface area contributed by atoms with Gasteiger partial charge >= 0.3 is 0 Å². The molecule has 0 bridgehead atoms. The molecule has 112 valence electrons. The average Bonchev–Trinajstić information content (AvgIpc) is 2.43. The smallest absolute Gasteiger partial charge is 0.224 e. The van der Waals surface area contributed by atoms with E-state index in [9.17, 15) is 4.79 Å². The molecule has 1 saturated carbocycles. The zero-order chi connectivity index (χ0) is 14.3. The Bertz CT molecular complexity index is 262. The molecule has 4 heteroatoms. The fourth-order valence-corrected chi connectivity index (χ4v) is 2.64. The van der Waals surface area contributed by atoms with Crippen LogP contribution in [-0.4, -0.2) is 43.0 Å². The van der Waals surface area contributed by atoms with E-state index in [0.717, 1.165) is 25.6 Å². The molecule has 4 nitrogen and oxygen atoms in total. The number of nitrogens with two attached hydrogens (primary N) is 1. The van der Waals surface area contributed by atoms with Crippen LogP contribution in [0.3, 0.4) is 0 Å². The maximum absolute atomic E-state index is 11.7. The van der Waals surface area contributed by atoms with Crippen LogP contribution in [0.1, 0.15) is 52.4 Å². The van der Waals surface area contributed by atoms with Gasteiger partial charge in [-0.2, -0.15) is 0 Å². The Morgan fingerprint density at radius 3 is 2.53 bits per heavy atom. The highest BCUT2D eigenvalue weighted by Gasteiger charge is 2.18. The van der Waals surface area contributed by atoms with Crippen LogP contribution in [0.2, 0.25) is 0 Å². The standard InChI is InChI=1S/C15H31N3O/c1-12(13(2)16)15(19)17-10-7-11-18(3)14-8-5-4-6-9-14/h12-14H,4-11,16H2,1-3H3,(H,17,19). The molecule has 1 aliphatic carbocycles. The number of amides is 1. The van der Waals surface area contributed by atoms with E-state index in [4.69, 9.17) is 5.73 Å². The van der Waals surface area contributed by atoms with Gasteiger partial charge in [0.2, 0.25) is 5.91 Å². The summed E-state index contributed by atoms with van der Waals surface area (Å²) >= 11 is 0. The minimum Gasteiger partial charge on any atom is -0.356 e. The summed E-state index contributed by atoms with van der Waals surface area (Å²) in [4.78, 5) is 14.2. The van der Waals surface area contributed by atoms with Gasteiger partial charge < -0.3 is 16.0 Å². The SMILES string of the molecule is CC(N)C(C)C(=O)NCCCN(C)C1CCCCC1. The monoisotopic (exact) mass is 269 g/mol. The highest BCUT2D eigenvalue weighted by Crippen LogP contribution is 2.21. The van der Waals surface area contributed by atoms with E-state index in [1.54, 1.807) is 0 Å². The molecule has 0 aliphatic heterocycles. The van der Waals surface area contributed by atoms with Crippen molar-refractivity contribution in [2.75, 3.05) is 20.1 Å². The summed E-state index contributed by atoms with van der Waals surface area (Å²) in [6.45, 7) is 5.58. The lowest BCUT2D eigenvalue weighted by atomic mass is 9.94. The molecule has 2 unspecified atom stereocenters. The topological polar surface area (TPSA) is 58.4 Å². The molecule has 0 heterocycles. The molecule has 1 fully saturated rings. The molecule has 0 radical (unpaired) electrons. The van der Waals surface area contributed by atoms with E-state index in [1.165, 1.54) is 32.1 Å². The lowest BCUT2D eigenvalue weighted by Gasteiger charge is -2.31. The van der Waals surface area contributed by atoms with E-state index in [1.807, 2.05) is 13.8 Å². The Morgan fingerprint density at radius 2 is 1.95 bits per heavy atom. The van der Waals surface area contributed by atoms with Crippen molar-refractivity contribution in [1.29, 1.82) is 0 Å². The molecule has 0 aromatic carbocycles. The predicted octanol–water partition coefficient (Wildman–Crippen LogP) is 1.74. The van der Waals surface area contributed by atoms with Crippen molar-refractivity contribution in [2.24, 2.45) is 11.7 Å². The van der Waals surface area contributed by atoms with E-state index >= 15 is 0 Å². The molecule has 0 aromatic rings. The zero-order valence-electron chi connectivity index (χ0n) is 12.8. The van der Waals surface area contributed by atoms with Crippen molar-refractivity contribution in [3.63, 3.8) is 0 Å². The summed E-state index contributed by atoms with van der Waals surface area (Å²) in [7, 11) is 2.21. The van der Waals surface area contributed by atoms with Gasteiger partial charge in [-0.25, -0.2) is 0 Å². The minimum absolute atomic E-state index is 0.0788. The van der Waals surface area contributed by atoms with Crippen molar-refractivity contribution >= 4 is 5.91 Å². The van der Waals surface area contributed by atoms with E-state index in [-0.39, 0.29) is 17.9 Å². The fourth-order valence-electron chi connectivity index (χ4n) is 2.64. The summed E-state index contributed by atoms with van der Waals surface area (Å²) in [5, 5.41) is 2.98. The molecule has 3 N–H and O–H groups in total. The third-order valence-electron chi connectivity index (χ3n) is 4.39. The summed E-state index contributed by atoms with van der Waals surface area (Å²) in [6.07, 6.45) is 7.84. The largest absolute Gasteiger partial charge is 0.356 e. The Balaban J connectivity index is 2.11. The van der Waals surface area contributed by atoms with Gasteiger partial charge in [-0.05, 0) is 39.8 Å². The predicted molar refractivity (Wildman–Crippen MR) is 79.9 cm³/mol. The number of rotatable bonds is 7. The van der Waals surface area contributed by atoms with Crippen molar-refractivity contribution in [1.82, 2.24) is 10.2 Å². The molecule has 2 atom stereocenters. The van der Waals surface area contributed by atoms with Crippen LogP contribution in [0, 0.1) is 5.92 Å². The quantitative estimate of drug-likeness (QED) is 0.692. The highest BCUT2D eigenvalue weighted by atomic mass is 16.1. The first-order valence-electron chi connectivity index (χ1n) is 7.76. The first-order chi connectivity index (χ1) is 9.02. The third-order valence-corrected chi connectivity index (χ3v) is 4.39. The van der Waals surface area contributed by atoms with Gasteiger partial charge in [-0.1, -0.05) is 26.2 Å². The highest BCUT2D eigenvalue weighted by molar-refractivity contribution is 5.78. The van der Waals surface area contributed by atoms with Gasteiger partial charge in [-0.3, -0.25) is 4.79 Å². The Morgan fingerprint density at radius 1 is 1.32 bits per heavy atom. The van der Waals surface area contributed by atoms with Crippen molar-refractivity contribution < 1.29 is 4.79 Å². The van der Waals surface area contributed by atoms with Crippen LogP contribution in [0.5, 0.6) is 0 Å². The summed E-state index contributed by atoms with van der Waals surface area (Å²) in [6, 6.07) is 0.678. The second kappa shape index (κ2) is 8.54. The average molecular weight is 269 g/mol. The van der Waals surface area contributed by atoms with Crippen molar-refractivity contribution in [3.8, 4) is 0 Å². The molecular formula is C15H31N3O. The minimum atomic E-state index is -0.101. The lowest BCUT2D eigenvalue weighted by molar-refractivity contribution is -0.124. The van der Waals surface area contributed by atoms with Gasteiger partial charge in [-0.15, -0.1) is 0 Å². The molecule has 1 aliphatic rings. The molecule has 0 aromatic heterocycles.